The van der Waals surface area contributed by atoms with Crippen LogP contribution in [0.5, 0.6) is 5.75 Å². The molecule has 1 saturated heterocycles. The second-order valence-electron chi connectivity index (χ2n) is 9.02. The molecule has 34 heavy (non-hydrogen) atoms. The Hall–Kier alpha value is -2.09. The number of thiazole rings is 1. The number of aromatic nitrogens is 1. The predicted molar refractivity (Wildman–Crippen MR) is 136 cm³/mol. The molecule has 2 aromatic carbocycles. The van der Waals surface area contributed by atoms with Crippen LogP contribution in [0.3, 0.4) is 0 Å². The summed E-state index contributed by atoms with van der Waals surface area (Å²) in [6.07, 6.45) is 5.73. The number of benzene rings is 2. The van der Waals surface area contributed by atoms with Gasteiger partial charge in [-0.05, 0) is 61.4 Å². The Kier molecular flexibility index (Phi) is 6.87. The topological polar surface area (TPSA) is 65.5 Å². The van der Waals surface area contributed by atoms with Crippen molar-refractivity contribution in [1.82, 2.24) is 4.98 Å². The number of cyclic esters (lactones) is 1. The highest BCUT2D eigenvalue weighted by Gasteiger charge is 2.52. The smallest absolute Gasteiger partial charge is 0.327 e. The standard InChI is InChI=1S/C26H26ClNO4S2/c1-31-21-11-10-16(14-18(21)27)12-13-26(17-6-2-3-7-17)15-20(29)23(24(30)32-26)34-25-28-19-8-4-5-9-22(19)33-25/h4-5,8-11,14,17,23H,2-3,6-7,12-13,15H2,1H3. The monoisotopic (exact) mass is 515 g/mol. The van der Waals surface area contributed by atoms with Gasteiger partial charge in [-0.3, -0.25) is 9.59 Å². The average Bonchev–Trinajstić information content (AvgIpc) is 3.50. The number of rotatable bonds is 7. The molecule has 2 unspecified atom stereocenters. The van der Waals surface area contributed by atoms with Gasteiger partial charge in [0.15, 0.2) is 15.4 Å². The van der Waals surface area contributed by atoms with Crippen molar-refractivity contribution in [2.24, 2.45) is 5.92 Å². The van der Waals surface area contributed by atoms with Crippen molar-refractivity contribution >= 4 is 56.7 Å². The minimum atomic E-state index is -0.856. The van der Waals surface area contributed by atoms with Crippen LogP contribution in [-0.2, 0) is 20.7 Å². The molecule has 2 aliphatic rings. The van der Waals surface area contributed by atoms with Gasteiger partial charge >= 0.3 is 5.97 Å². The number of ketones is 1. The molecule has 1 saturated carbocycles. The number of Topliss-reactive ketones (excluding diaryl/α,β-unsaturated/α-hetero) is 1. The SMILES string of the molecule is COc1ccc(CCC2(C3CCCC3)CC(=O)C(Sc3nc4ccccc4s3)C(=O)O2)cc1Cl. The van der Waals surface area contributed by atoms with E-state index in [1.165, 1.54) is 23.1 Å². The van der Waals surface area contributed by atoms with Gasteiger partial charge in [-0.15, -0.1) is 11.3 Å². The number of esters is 1. The number of para-hydroxylation sites is 1. The van der Waals surface area contributed by atoms with Gasteiger partial charge in [-0.25, -0.2) is 4.98 Å². The van der Waals surface area contributed by atoms with Crippen LogP contribution >= 0.6 is 34.7 Å². The highest BCUT2D eigenvalue weighted by Crippen LogP contribution is 2.46. The normalized spacial score (nSPS) is 23.4. The summed E-state index contributed by atoms with van der Waals surface area (Å²) < 4.78 is 13.2. The summed E-state index contributed by atoms with van der Waals surface area (Å²) in [6, 6.07) is 13.5. The molecule has 2 atom stereocenters. The summed E-state index contributed by atoms with van der Waals surface area (Å²) >= 11 is 9.04. The zero-order chi connectivity index (χ0) is 23.7. The zero-order valence-electron chi connectivity index (χ0n) is 18.9. The summed E-state index contributed by atoms with van der Waals surface area (Å²) in [6.45, 7) is 0. The van der Waals surface area contributed by atoms with Crippen LogP contribution in [0.2, 0.25) is 5.02 Å². The molecule has 0 bridgehead atoms. The second-order valence-corrected chi connectivity index (χ2v) is 11.8. The van der Waals surface area contributed by atoms with E-state index in [2.05, 4.69) is 4.98 Å². The Morgan fingerprint density at radius 2 is 2.00 bits per heavy atom. The van der Waals surface area contributed by atoms with Crippen molar-refractivity contribution in [3.63, 3.8) is 0 Å². The molecule has 8 heteroatoms. The molecule has 5 rings (SSSR count). The summed E-state index contributed by atoms with van der Waals surface area (Å²) in [4.78, 5) is 31.2. The molecule has 0 radical (unpaired) electrons. The van der Waals surface area contributed by atoms with E-state index in [0.29, 0.717) is 23.6 Å². The first kappa shape index (κ1) is 23.6. The maximum absolute atomic E-state index is 13.4. The van der Waals surface area contributed by atoms with Crippen LogP contribution in [0.25, 0.3) is 10.2 Å². The van der Waals surface area contributed by atoms with Crippen LogP contribution in [-0.4, -0.2) is 34.7 Å². The number of hydrogen-bond donors (Lipinski definition) is 0. The molecule has 178 valence electrons. The number of aryl methyl sites for hydroxylation is 1. The van der Waals surface area contributed by atoms with Crippen molar-refractivity contribution in [2.75, 3.05) is 7.11 Å². The van der Waals surface area contributed by atoms with E-state index in [4.69, 9.17) is 21.1 Å². The maximum Gasteiger partial charge on any atom is 0.327 e. The van der Waals surface area contributed by atoms with Crippen LogP contribution in [0.15, 0.2) is 46.8 Å². The molecule has 5 nitrogen and oxygen atoms in total. The second kappa shape index (κ2) is 9.88. The van der Waals surface area contributed by atoms with E-state index < -0.39 is 16.8 Å². The molecule has 1 aliphatic heterocycles. The van der Waals surface area contributed by atoms with E-state index >= 15 is 0 Å². The lowest BCUT2D eigenvalue weighted by Gasteiger charge is -2.42. The highest BCUT2D eigenvalue weighted by atomic mass is 35.5. The Morgan fingerprint density at radius 1 is 1.21 bits per heavy atom. The number of carbonyl (C=O) groups is 2. The summed E-state index contributed by atoms with van der Waals surface area (Å²) in [7, 11) is 1.59. The Bertz CT molecular complexity index is 1170. The molecular formula is C26H26ClNO4S2. The molecule has 0 N–H and O–H groups in total. The van der Waals surface area contributed by atoms with Gasteiger partial charge in [-0.2, -0.15) is 0 Å². The number of ether oxygens (including phenoxy) is 2. The van der Waals surface area contributed by atoms with E-state index in [0.717, 1.165) is 45.8 Å². The van der Waals surface area contributed by atoms with E-state index in [1.807, 2.05) is 42.5 Å². The fourth-order valence-corrected chi connectivity index (χ4v) is 7.61. The van der Waals surface area contributed by atoms with Crippen LogP contribution in [0.4, 0.5) is 0 Å². The minimum absolute atomic E-state index is 0.0554. The van der Waals surface area contributed by atoms with Crippen molar-refractivity contribution in [2.45, 2.75) is 60.1 Å². The number of halogens is 1. The number of carbonyl (C=O) groups excluding carboxylic acids is 2. The number of methoxy groups -OCH3 is 1. The summed E-state index contributed by atoms with van der Waals surface area (Å²) in [5.41, 5.74) is 1.17. The van der Waals surface area contributed by atoms with Crippen molar-refractivity contribution in [1.29, 1.82) is 0 Å². The zero-order valence-corrected chi connectivity index (χ0v) is 21.3. The Balaban J connectivity index is 1.34. The summed E-state index contributed by atoms with van der Waals surface area (Å²) in [5, 5.41) is -0.301. The maximum atomic E-state index is 13.4. The van der Waals surface area contributed by atoms with E-state index in [9.17, 15) is 9.59 Å². The lowest BCUT2D eigenvalue weighted by molar-refractivity contribution is -0.177. The van der Waals surface area contributed by atoms with Gasteiger partial charge in [0.05, 0.1) is 22.3 Å². The highest BCUT2D eigenvalue weighted by molar-refractivity contribution is 8.03. The first-order chi connectivity index (χ1) is 16.5. The van der Waals surface area contributed by atoms with Crippen molar-refractivity contribution < 1.29 is 19.1 Å². The minimum Gasteiger partial charge on any atom is -0.495 e. The third kappa shape index (κ3) is 4.70. The number of fused-ring (bicyclic) bond motifs is 1. The third-order valence-electron chi connectivity index (χ3n) is 6.93. The van der Waals surface area contributed by atoms with Crippen molar-refractivity contribution in [3.05, 3.63) is 53.1 Å². The molecular weight excluding hydrogens is 490 g/mol. The quantitative estimate of drug-likeness (QED) is 0.264. The fraction of sp³-hybridized carbons (Fsp3) is 0.423. The van der Waals surface area contributed by atoms with Gasteiger partial charge in [0.1, 0.15) is 11.4 Å². The van der Waals surface area contributed by atoms with Gasteiger partial charge in [-0.1, -0.05) is 54.4 Å². The molecule has 1 aromatic heterocycles. The van der Waals surface area contributed by atoms with Crippen LogP contribution in [0, 0.1) is 5.92 Å². The van der Waals surface area contributed by atoms with E-state index in [1.54, 1.807) is 7.11 Å². The Morgan fingerprint density at radius 3 is 2.71 bits per heavy atom. The van der Waals surface area contributed by atoms with Crippen LogP contribution < -0.4 is 4.74 Å². The van der Waals surface area contributed by atoms with Gasteiger partial charge < -0.3 is 9.47 Å². The fourth-order valence-electron chi connectivity index (χ4n) is 5.17. The average molecular weight is 516 g/mol. The molecule has 0 amide bonds. The lowest BCUT2D eigenvalue weighted by atomic mass is 9.76. The van der Waals surface area contributed by atoms with Crippen LogP contribution in [0.1, 0.15) is 44.1 Å². The Labute approximate surface area is 212 Å². The van der Waals surface area contributed by atoms with Crippen molar-refractivity contribution in [3.8, 4) is 5.75 Å². The van der Waals surface area contributed by atoms with E-state index in [-0.39, 0.29) is 18.1 Å². The summed E-state index contributed by atoms with van der Waals surface area (Å²) in [5.74, 6) is 0.354. The number of nitrogens with zero attached hydrogens (tertiary/aromatic N) is 1. The van der Waals surface area contributed by atoms with Gasteiger partial charge in [0.25, 0.3) is 0 Å². The molecule has 0 spiro atoms. The molecule has 1 aliphatic carbocycles. The number of thioether (sulfide) groups is 1. The molecule has 2 fully saturated rings. The molecule has 3 aromatic rings. The van der Waals surface area contributed by atoms with Gasteiger partial charge in [0.2, 0.25) is 0 Å². The number of hydrogen-bond acceptors (Lipinski definition) is 7. The first-order valence-corrected chi connectivity index (χ1v) is 13.6. The molecule has 2 heterocycles. The largest absolute Gasteiger partial charge is 0.495 e. The lowest BCUT2D eigenvalue weighted by Crippen LogP contribution is -2.53. The van der Waals surface area contributed by atoms with Gasteiger partial charge in [0, 0.05) is 6.42 Å². The third-order valence-corrected chi connectivity index (χ3v) is 9.58. The first-order valence-electron chi connectivity index (χ1n) is 11.6. The predicted octanol–water partition coefficient (Wildman–Crippen LogP) is 6.50.